The van der Waals surface area contributed by atoms with Crippen molar-refractivity contribution in [2.75, 3.05) is 32.7 Å². The molecule has 3 fully saturated rings. The SMILES string of the molecule is O=C(O)C(C1CCCCC1)N1CC(CN2CCC(CCCc3cc(F)cc(F)c3)CC2)C(c2cccc(F)c2)C1. The van der Waals surface area contributed by atoms with Crippen LogP contribution in [0.5, 0.6) is 0 Å². The van der Waals surface area contributed by atoms with Crippen LogP contribution in [0.3, 0.4) is 0 Å². The number of halogens is 3. The van der Waals surface area contributed by atoms with Gasteiger partial charge in [-0.3, -0.25) is 9.69 Å². The van der Waals surface area contributed by atoms with Gasteiger partial charge in [-0.25, -0.2) is 13.2 Å². The van der Waals surface area contributed by atoms with Crippen molar-refractivity contribution in [3.63, 3.8) is 0 Å². The summed E-state index contributed by atoms with van der Waals surface area (Å²) in [5.41, 5.74) is 1.70. The zero-order valence-corrected chi connectivity index (χ0v) is 23.4. The van der Waals surface area contributed by atoms with Gasteiger partial charge in [0.25, 0.3) is 0 Å². The number of piperidine rings is 1. The van der Waals surface area contributed by atoms with Crippen LogP contribution in [0.2, 0.25) is 0 Å². The zero-order chi connectivity index (χ0) is 28.1. The molecule has 2 aromatic carbocycles. The molecule has 0 bridgehead atoms. The van der Waals surface area contributed by atoms with Crippen LogP contribution in [0.1, 0.15) is 74.8 Å². The minimum absolute atomic E-state index is 0.116. The monoisotopic (exact) mass is 556 g/mol. The second-order valence-corrected chi connectivity index (χ2v) is 12.5. The van der Waals surface area contributed by atoms with E-state index in [0.29, 0.717) is 18.9 Å². The molecular formula is C33H43F3N2O2. The first-order chi connectivity index (χ1) is 19.4. The number of aliphatic carboxylic acids is 1. The van der Waals surface area contributed by atoms with Crippen LogP contribution < -0.4 is 0 Å². The van der Waals surface area contributed by atoms with Crippen LogP contribution in [-0.2, 0) is 11.2 Å². The first kappa shape index (κ1) is 29.1. The number of carbonyl (C=O) groups is 1. The molecule has 0 radical (unpaired) electrons. The summed E-state index contributed by atoms with van der Waals surface area (Å²) < 4.78 is 41.2. The second-order valence-electron chi connectivity index (χ2n) is 12.5. The molecule has 2 aromatic rings. The normalized spacial score (nSPS) is 24.4. The fraction of sp³-hybridized carbons (Fsp3) is 0.606. The lowest BCUT2D eigenvalue weighted by Gasteiger charge is -2.35. The van der Waals surface area contributed by atoms with Crippen molar-refractivity contribution >= 4 is 5.97 Å². The fourth-order valence-corrected chi connectivity index (χ4v) is 7.68. The van der Waals surface area contributed by atoms with E-state index in [0.717, 1.165) is 94.7 Å². The molecule has 5 rings (SSSR count). The molecule has 2 aliphatic heterocycles. The van der Waals surface area contributed by atoms with Gasteiger partial charge in [0, 0.05) is 31.6 Å². The Morgan fingerprint density at radius 1 is 0.900 bits per heavy atom. The molecule has 40 heavy (non-hydrogen) atoms. The van der Waals surface area contributed by atoms with Crippen molar-refractivity contribution < 1.29 is 23.1 Å². The number of likely N-dealkylation sites (tertiary alicyclic amines) is 2. The Labute approximate surface area is 236 Å². The number of nitrogens with zero attached hydrogens (tertiary/aromatic N) is 2. The van der Waals surface area contributed by atoms with Crippen molar-refractivity contribution in [3.05, 3.63) is 71.0 Å². The minimum atomic E-state index is -0.715. The summed E-state index contributed by atoms with van der Waals surface area (Å²) in [6.45, 7) is 4.29. The van der Waals surface area contributed by atoms with E-state index in [1.807, 2.05) is 6.07 Å². The lowest BCUT2D eigenvalue weighted by Crippen LogP contribution is -2.46. The summed E-state index contributed by atoms with van der Waals surface area (Å²) in [5, 5.41) is 10.2. The Balaban J connectivity index is 1.18. The van der Waals surface area contributed by atoms with Crippen LogP contribution in [0.15, 0.2) is 42.5 Å². The largest absolute Gasteiger partial charge is 0.480 e. The van der Waals surface area contributed by atoms with Gasteiger partial charge in [0.05, 0.1) is 0 Å². The van der Waals surface area contributed by atoms with Crippen molar-refractivity contribution in [1.82, 2.24) is 9.80 Å². The first-order valence-corrected chi connectivity index (χ1v) is 15.3. The number of carboxylic acid groups (broad SMARTS) is 1. The van der Waals surface area contributed by atoms with Crippen LogP contribution in [0.25, 0.3) is 0 Å². The van der Waals surface area contributed by atoms with Gasteiger partial charge in [0.1, 0.15) is 23.5 Å². The van der Waals surface area contributed by atoms with Crippen LogP contribution >= 0.6 is 0 Å². The highest BCUT2D eigenvalue weighted by Crippen LogP contribution is 2.39. The van der Waals surface area contributed by atoms with E-state index in [4.69, 9.17) is 0 Å². The molecule has 3 atom stereocenters. The Morgan fingerprint density at radius 3 is 2.30 bits per heavy atom. The van der Waals surface area contributed by atoms with Gasteiger partial charge >= 0.3 is 5.97 Å². The van der Waals surface area contributed by atoms with E-state index in [1.54, 1.807) is 12.1 Å². The fourth-order valence-electron chi connectivity index (χ4n) is 7.68. The maximum atomic E-state index is 14.2. The van der Waals surface area contributed by atoms with Gasteiger partial charge in [0.2, 0.25) is 0 Å². The van der Waals surface area contributed by atoms with E-state index >= 15 is 0 Å². The Morgan fingerprint density at radius 2 is 1.62 bits per heavy atom. The molecule has 2 saturated heterocycles. The Hall–Kier alpha value is -2.38. The number of benzene rings is 2. The Bertz CT molecular complexity index is 1110. The second kappa shape index (κ2) is 13.5. The molecule has 1 aliphatic carbocycles. The molecule has 3 unspecified atom stereocenters. The molecule has 2 heterocycles. The van der Waals surface area contributed by atoms with E-state index in [1.165, 1.54) is 24.6 Å². The number of rotatable bonds is 10. The highest BCUT2D eigenvalue weighted by molar-refractivity contribution is 5.74. The van der Waals surface area contributed by atoms with Gasteiger partial charge in [-0.05, 0) is 105 Å². The smallest absolute Gasteiger partial charge is 0.321 e. The minimum Gasteiger partial charge on any atom is -0.480 e. The molecule has 218 valence electrons. The third-order valence-electron chi connectivity index (χ3n) is 9.69. The topological polar surface area (TPSA) is 43.8 Å². The van der Waals surface area contributed by atoms with Crippen LogP contribution in [0, 0.1) is 35.2 Å². The molecule has 0 aromatic heterocycles. The van der Waals surface area contributed by atoms with E-state index in [2.05, 4.69) is 9.80 Å². The maximum Gasteiger partial charge on any atom is 0.321 e. The Kier molecular flexibility index (Phi) is 9.84. The molecule has 4 nitrogen and oxygen atoms in total. The molecule has 1 N–H and O–H groups in total. The molecule has 7 heteroatoms. The van der Waals surface area contributed by atoms with Crippen molar-refractivity contribution in [3.8, 4) is 0 Å². The van der Waals surface area contributed by atoms with Gasteiger partial charge in [-0.15, -0.1) is 0 Å². The molecule has 0 amide bonds. The summed E-state index contributed by atoms with van der Waals surface area (Å²) in [7, 11) is 0. The van der Waals surface area contributed by atoms with Gasteiger partial charge in [-0.1, -0.05) is 37.8 Å². The van der Waals surface area contributed by atoms with Gasteiger partial charge < -0.3 is 10.0 Å². The quantitative estimate of drug-likeness (QED) is 0.346. The summed E-state index contributed by atoms with van der Waals surface area (Å²) in [6.07, 6.45) is 10.2. The predicted octanol–water partition coefficient (Wildman–Crippen LogP) is 6.89. The molecule has 1 saturated carbocycles. The number of hydrogen-bond donors (Lipinski definition) is 1. The van der Waals surface area contributed by atoms with E-state index in [-0.39, 0.29) is 23.6 Å². The summed E-state index contributed by atoms with van der Waals surface area (Å²) in [4.78, 5) is 17.2. The highest BCUT2D eigenvalue weighted by Gasteiger charge is 2.43. The van der Waals surface area contributed by atoms with Crippen molar-refractivity contribution in [1.29, 1.82) is 0 Å². The number of aryl methyl sites for hydroxylation is 1. The number of hydrogen-bond acceptors (Lipinski definition) is 3. The van der Waals surface area contributed by atoms with Gasteiger partial charge in [-0.2, -0.15) is 0 Å². The highest BCUT2D eigenvalue weighted by atomic mass is 19.1. The third-order valence-corrected chi connectivity index (χ3v) is 9.69. The van der Waals surface area contributed by atoms with Crippen molar-refractivity contribution in [2.24, 2.45) is 17.8 Å². The molecule has 0 spiro atoms. The lowest BCUT2D eigenvalue weighted by atomic mass is 9.83. The van der Waals surface area contributed by atoms with E-state index in [9.17, 15) is 23.1 Å². The standard InChI is InChI=1S/C33H43F3N2O2/c34-28-11-5-10-26(18-28)31-22-38(32(33(39)40)25-8-2-1-3-9-25)21-27(31)20-37-14-12-23(13-15-37)6-4-7-24-16-29(35)19-30(36)17-24/h5,10-11,16-19,23,25,27,31-32H,1-4,6-9,12-15,20-22H2,(H,39,40). The van der Waals surface area contributed by atoms with E-state index < -0.39 is 23.6 Å². The average Bonchev–Trinajstić information content (AvgIpc) is 3.32. The third kappa shape index (κ3) is 7.47. The van der Waals surface area contributed by atoms with Gasteiger partial charge in [0.15, 0.2) is 0 Å². The predicted molar refractivity (Wildman–Crippen MR) is 151 cm³/mol. The maximum absolute atomic E-state index is 14.2. The first-order valence-electron chi connectivity index (χ1n) is 15.3. The number of carboxylic acids is 1. The molecular weight excluding hydrogens is 513 g/mol. The lowest BCUT2D eigenvalue weighted by molar-refractivity contribution is -0.145. The van der Waals surface area contributed by atoms with Crippen LogP contribution in [-0.4, -0.2) is 59.6 Å². The zero-order valence-electron chi connectivity index (χ0n) is 23.4. The summed E-state index contributed by atoms with van der Waals surface area (Å²) >= 11 is 0. The summed E-state index contributed by atoms with van der Waals surface area (Å²) in [5.74, 6) is -0.810. The average molecular weight is 557 g/mol. The van der Waals surface area contributed by atoms with Crippen molar-refractivity contribution in [2.45, 2.75) is 76.2 Å². The molecule has 3 aliphatic rings. The summed E-state index contributed by atoms with van der Waals surface area (Å²) in [6, 6.07) is 10.2. The van der Waals surface area contributed by atoms with Crippen LogP contribution in [0.4, 0.5) is 13.2 Å².